The lowest BCUT2D eigenvalue weighted by Gasteiger charge is -2.21. The number of hydrogen-bond donors (Lipinski definition) is 4. The largest absolute Gasteiger partial charge is 0.444 e. The van der Waals surface area contributed by atoms with Crippen molar-refractivity contribution in [2.45, 2.75) is 52.7 Å². The maximum Gasteiger partial charge on any atom is 0.408 e. The van der Waals surface area contributed by atoms with E-state index in [0.29, 0.717) is 40.4 Å². The van der Waals surface area contributed by atoms with Crippen molar-refractivity contribution in [2.75, 3.05) is 22.5 Å². The summed E-state index contributed by atoms with van der Waals surface area (Å²) < 4.78 is 24.8. The van der Waals surface area contributed by atoms with Crippen LogP contribution < -0.4 is 21.3 Å². The molecule has 0 saturated heterocycles. The van der Waals surface area contributed by atoms with E-state index >= 15 is 0 Å². The Morgan fingerprint density at radius 2 is 1.90 bits per heavy atom. The summed E-state index contributed by atoms with van der Waals surface area (Å²) in [5, 5.41) is 11.5. The number of ether oxygens (including phenoxy) is 1. The third-order valence-corrected chi connectivity index (χ3v) is 5.42. The first-order valence-electron chi connectivity index (χ1n) is 12.9. The van der Waals surface area contributed by atoms with Crippen molar-refractivity contribution >= 4 is 46.2 Å². The van der Waals surface area contributed by atoms with Crippen LogP contribution in [0.1, 0.15) is 41.0 Å². The zero-order chi connectivity index (χ0) is 28.9. The molecule has 2 heterocycles. The van der Waals surface area contributed by atoms with Crippen molar-refractivity contribution in [1.82, 2.24) is 20.3 Å². The minimum atomic E-state index is -0.834. The van der Waals surface area contributed by atoms with Crippen LogP contribution in [0.5, 0.6) is 0 Å². The fourth-order valence-corrected chi connectivity index (χ4v) is 3.59. The van der Waals surface area contributed by atoms with Gasteiger partial charge in [-0.2, -0.15) is 4.98 Å². The molecule has 0 fully saturated rings. The van der Waals surface area contributed by atoms with Gasteiger partial charge in [0.15, 0.2) is 5.58 Å². The molecule has 2 amide bonds. The number of alkyl carbamates (subject to hydrolysis) is 1. The zero-order valence-corrected chi connectivity index (χ0v) is 23.0. The summed E-state index contributed by atoms with van der Waals surface area (Å²) in [5.41, 5.74) is 1.84. The average molecular weight is 550 g/mol. The van der Waals surface area contributed by atoms with Crippen LogP contribution in [-0.2, 0) is 9.53 Å². The molecule has 2 aromatic heterocycles. The lowest BCUT2D eigenvalue weighted by atomic mass is 10.2. The molecule has 12 heteroatoms. The standard InChI is InChI=1S/C28H32FN7O4/c1-6-12-30-23-20(15-31-26(36-23)34-18-9-7-8-17(29)13-18)25-35-21-11-10-19(14-22(21)39-25)33-24(37)16(2)32-27(38)40-28(3,4)5/h7-11,13-16H,6,12H2,1-5H3,(H,32,38)(H,33,37)(H2,30,31,34,36)/t16-/m0/s1. The number of nitrogens with zero attached hydrogens (tertiary/aromatic N) is 3. The molecule has 0 radical (unpaired) electrons. The van der Waals surface area contributed by atoms with Gasteiger partial charge in [0.25, 0.3) is 0 Å². The first kappa shape index (κ1) is 28.3. The second-order valence-corrected chi connectivity index (χ2v) is 10.1. The Labute approximate surface area is 230 Å². The molecule has 11 nitrogen and oxygen atoms in total. The Morgan fingerprint density at radius 3 is 2.62 bits per heavy atom. The molecule has 2 aromatic carbocycles. The maximum atomic E-state index is 13.6. The highest BCUT2D eigenvalue weighted by Gasteiger charge is 2.22. The van der Waals surface area contributed by atoms with E-state index < -0.39 is 23.6 Å². The van der Waals surface area contributed by atoms with E-state index in [4.69, 9.17) is 9.15 Å². The maximum absolute atomic E-state index is 13.6. The highest BCUT2D eigenvalue weighted by atomic mass is 19.1. The third kappa shape index (κ3) is 7.43. The van der Waals surface area contributed by atoms with Crippen molar-refractivity contribution < 1.29 is 23.1 Å². The number of fused-ring (bicyclic) bond motifs is 1. The molecule has 0 aliphatic heterocycles. The smallest absolute Gasteiger partial charge is 0.408 e. The topological polar surface area (TPSA) is 143 Å². The van der Waals surface area contributed by atoms with Gasteiger partial charge in [-0.15, -0.1) is 0 Å². The highest BCUT2D eigenvalue weighted by Crippen LogP contribution is 2.31. The molecule has 40 heavy (non-hydrogen) atoms. The van der Waals surface area contributed by atoms with Crippen LogP contribution in [0.3, 0.4) is 0 Å². The monoisotopic (exact) mass is 549 g/mol. The Bertz CT molecular complexity index is 1520. The number of aromatic nitrogens is 3. The van der Waals surface area contributed by atoms with Crippen molar-refractivity contribution in [3.63, 3.8) is 0 Å². The van der Waals surface area contributed by atoms with E-state index in [0.717, 1.165) is 6.42 Å². The number of carbonyl (C=O) groups is 2. The first-order chi connectivity index (χ1) is 19.0. The Balaban J connectivity index is 1.52. The number of carbonyl (C=O) groups excluding carboxylic acids is 2. The van der Waals surface area contributed by atoms with Gasteiger partial charge in [0, 0.05) is 30.2 Å². The van der Waals surface area contributed by atoms with Crippen molar-refractivity contribution in [1.29, 1.82) is 0 Å². The summed E-state index contributed by atoms with van der Waals surface area (Å²) in [7, 11) is 0. The summed E-state index contributed by atoms with van der Waals surface area (Å²) in [4.78, 5) is 38.1. The Kier molecular flexibility index (Phi) is 8.46. The summed E-state index contributed by atoms with van der Waals surface area (Å²) in [6, 6.07) is 10.2. The van der Waals surface area contributed by atoms with Crippen LogP contribution >= 0.6 is 0 Å². The van der Waals surface area contributed by atoms with Gasteiger partial charge in [-0.05, 0) is 64.4 Å². The van der Waals surface area contributed by atoms with Crippen molar-refractivity contribution in [3.05, 3.63) is 54.5 Å². The Hall–Kier alpha value is -4.74. The van der Waals surface area contributed by atoms with E-state index in [1.165, 1.54) is 12.1 Å². The molecular formula is C28H32FN7O4. The molecule has 0 aliphatic rings. The molecule has 1 atom stereocenters. The first-order valence-corrected chi connectivity index (χ1v) is 12.9. The van der Waals surface area contributed by atoms with Gasteiger partial charge in [0.1, 0.15) is 28.8 Å². The molecule has 0 bridgehead atoms. The molecule has 210 valence electrons. The summed E-state index contributed by atoms with van der Waals surface area (Å²) in [5.74, 6) is 0.267. The predicted octanol–water partition coefficient (Wildman–Crippen LogP) is 5.84. The second kappa shape index (κ2) is 12.0. The zero-order valence-electron chi connectivity index (χ0n) is 23.0. The average Bonchev–Trinajstić information content (AvgIpc) is 3.29. The van der Waals surface area contributed by atoms with Crippen LogP contribution in [-0.4, -0.2) is 45.1 Å². The minimum absolute atomic E-state index is 0.281. The summed E-state index contributed by atoms with van der Waals surface area (Å²) in [6.07, 6.45) is 1.75. The minimum Gasteiger partial charge on any atom is -0.444 e. The second-order valence-electron chi connectivity index (χ2n) is 10.1. The number of nitrogens with one attached hydrogen (secondary N) is 4. The lowest BCUT2D eigenvalue weighted by Crippen LogP contribution is -2.43. The van der Waals surface area contributed by atoms with Crippen LogP contribution in [0.25, 0.3) is 22.6 Å². The molecule has 0 unspecified atom stereocenters. The molecule has 4 aromatic rings. The van der Waals surface area contributed by atoms with E-state index in [2.05, 4.69) is 36.2 Å². The van der Waals surface area contributed by atoms with Crippen molar-refractivity contribution in [2.24, 2.45) is 0 Å². The highest BCUT2D eigenvalue weighted by molar-refractivity contribution is 5.97. The fraction of sp³-hybridized carbons (Fsp3) is 0.321. The fourth-order valence-electron chi connectivity index (χ4n) is 3.59. The van der Waals surface area contributed by atoms with Gasteiger partial charge in [0.05, 0.1) is 5.56 Å². The number of amides is 2. The quantitative estimate of drug-likeness (QED) is 0.202. The van der Waals surface area contributed by atoms with Crippen LogP contribution in [0, 0.1) is 5.82 Å². The molecule has 0 aliphatic carbocycles. The van der Waals surface area contributed by atoms with Crippen LogP contribution in [0.2, 0.25) is 0 Å². The molecule has 4 N–H and O–H groups in total. The van der Waals surface area contributed by atoms with Gasteiger partial charge in [0.2, 0.25) is 17.7 Å². The number of rotatable bonds is 9. The third-order valence-electron chi connectivity index (χ3n) is 5.42. The summed E-state index contributed by atoms with van der Waals surface area (Å²) in [6.45, 7) is 9.46. The molecule has 0 spiro atoms. The van der Waals surface area contributed by atoms with Crippen LogP contribution in [0.4, 0.5) is 32.3 Å². The summed E-state index contributed by atoms with van der Waals surface area (Å²) >= 11 is 0. The van der Waals surface area contributed by atoms with Gasteiger partial charge in [-0.1, -0.05) is 13.0 Å². The van der Waals surface area contributed by atoms with E-state index in [9.17, 15) is 14.0 Å². The number of anilines is 4. The van der Waals surface area contributed by atoms with Gasteiger partial charge >= 0.3 is 6.09 Å². The number of hydrogen-bond acceptors (Lipinski definition) is 9. The lowest BCUT2D eigenvalue weighted by molar-refractivity contribution is -0.117. The Morgan fingerprint density at radius 1 is 1.10 bits per heavy atom. The number of halogens is 1. The SMILES string of the molecule is CCCNc1nc(Nc2cccc(F)c2)ncc1-c1nc2ccc(NC(=O)[C@H](C)NC(=O)OC(C)(C)C)cc2o1. The predicted molar refractivity (Wildman–Crippen MR) is 151 cm³/mol. The van der Waals surface area contributed by atoms with Crippen LogP contribution in [0.15, 0.2) is 53.1 Å². The number of oxazole rings is 1. The van der Waals surface area contributed by atoms with E-state index in [1.54, 1.807) is 64.2 Å². The van der Waals surface area contributed by atoms with E-state index in [-0.39, 0.29) is 17.7 Å². The molecular weight excluding hydrogens is 517 g/mol. The van der Waals surface area contributed by atoms with Gasteiger partial charge < -0.3 is 30.4 Å². The van der Waals surface area contributed by atoms with Gasteiger partial charge in [-0.25, -0.2) is 19.2 Å². The molecule has 4 rings (SSSR count). The van der Waals surface area contributed by atoms with Crippen molar-refractivity contribution in [3.8, 4) is 11.5 Å². The normalized spacial score (nSPS) is 12.1. The van der Waals surface area contributed by atoms with E-state index in [1.807, 2.05) is 6.92 Å². The van der Waals surface area contributed by atoms with Gasteiger partial charge in [-0.3, -0.25) is 4.79 Å². The molecule has 0 saturated carbocycles. The number of benzene rings is 2.